The number of benzene rings is 1. The van der Waals surface area contributed by atoms with Crippen LogP contribution in [0, 0.1) is 5.82 Å². The molecule has 28 heavy (non-hydrogen) atoms. The number of nitrogens with two attached hydrogens (primary N) is 1. The number of aromatic amines is 1. The smallest absolute Gasteiger partial charge is 0.251 e. The standard InChI is InChI=1S/C20H12ClFN4O2/c21-15-4-3-12(19(23)28)17(22)16(15)18(27)14-9-26-20-13(14)6-11(8-25-20)10-2-1-5-24-7-10/h1-9H,(H2,23,28)(H,25,26). The summed E-state index contributed by atoms with van der Waals surface area (Å²) in [4.78, 5) is 35.7. The molecule has 138 valence electrons. The highest BCUT2D eigenvalue weighted by Crippen LogP contribution is 2.29. The Bertz CT molecular complexity index is 1240. The average molecular weight is 395 g/mol. The second-order valence-corrected chi connectivity index (χ2v) is 6.45. The zero-order valence-electron chi connectivity index (χ0n) is 14.2. The molecule has 4 rings (SSSR count). The minimum Gasteiger partial charge on any atom is -0.366 e. The molecular weight excluding hydrogens is 383 g/mol. The maximum atomic E-state index is 14.7. The number of carbonyl (C=O) groups is 2. The molecule has 0 fully saturated rings. The van der Waals surface area contributed by atoms with Crippen LogP contribution in [0.15, 0.2) is 55.1 Å². The molecule has 0 spiro atoms. The van der Waals surface area contributed by atoms with E-state index >= 15 is 0 Å². The zero-order valence-corrected chi connectivity index (χ0v) is 15.0. The summed E-state index contributed by atoms with van der Waals surface area (Å²) >= 11 is 6.05. The Labute approximate surface area is 163 Å². The molecule has 0 aliphatic carbocycles. The average Bonchev–Trinajstić information content (AvgIpc) is 3.11. The third kappa shape index (κ3) is 2.91. The summed E-state index contributed by atoms with van der Waals surface area (Å²) < 4.78 is 14.7. The second-order valence-electron chi connectivity index (χ2n) is 6.04. The number of hydrogen-bond acceptors (Lipinski definition) is 4. The number of primary amides is 1. The number of fused-ring (bicyclic) bond motifs is 1. The lowest BCUT2D eigenvalue weighted by Gasteiger charge is -2.08. The fraction of sp³-hybridized carbons (Fsp3) is 0. The first kappa shape index (κ1) is 17.8. The van der Waals surface area contributed by atoms with E-state index in [1.54, 1.807) is 30.7 Å². The monoisotopic (exact) mass is 394 g/mol. The van der Waals surface area contributed by atoms with Crippen LogP contribution in [-0.2, 0) is 0 Å². The highest BCUT2D eigenvalue weighted by molar-refractivity contribution is 6.35. The van der Waals surface area contributed by atoms with Gasteiger partial charge in [-0.15, -0.1) is 0 Å². The van der Waals surface area contributed by atoms with E-state index in [0.717, 1.165) is 17.2 Å². The number of aromatic nitrogens is 3. The van der Waals surface area contributed by atoms with Crippen LogP contribution in [0.25, 0.3) is 22.2 Å². The molecule has 1 amide bonds. The number of hydrogen-bond donors (Lipinski definition) is 2. The number of pyridine rings is 2. The van der Waals surface area contributed by atoms with Crippen LogP contribution in [0.3, 0.4) is 0 Å². The quantitative estimate of drug-likeness (QED) is 0.514. The molecule has 0 bridgehead atoms. The van der Waals surface area contributed by atoms with Crippen molar-refractivity contribution < 1.29 is 14.0 Å². The topological polar surface area (TPSA) is 102 Å². The van der Waals surface area contributed by atoms with Crippen LogP contribution in [0.4, 0.5) is 4.39 Å². The van der Waals surface area contributed by atoms with Gasteiger partial charge in [-0.3, -0.25) is 14.6 Å². The Morgan fingerprint density at radius 3 is 2.64 bits per heavy atom. The summed E-state index contributed by atoms with van der Waals surface area (Å²) in [7, 11) is 0. The molecule has 1 aromatic carbocycles. The van der Waals surface area contributed by atoms with Crippen molar-refractivity contribution in [2.45, 2.75) is 0 Å². The maximum absolute atomic E-state index is 14.7. The van der Waals surface area contributed by atoms with Crippen molar-refractivity contribution >= 4 is 34.3 Å². The van der Waals surface area contributed by atoms with Crippen molar-refractivity contribution in [3.8, 4) is 11.1 Å². The first-order chi connectivity index (χ1) is 13.5. The van der Waals surface area contributed by atoms with Gasteiger partial charge in [-0.25, -0.2) is 9.37 Å². The van der Waals surface area contributed by atoms with Gasteiger partial charge >= 0.3 is 0 Å². The Morgan fingerprint density at radius 2 is 1.93 bits per heavy atom. The van der Waals surface area contributed by atoms with Crippen LogP contribution in [-0.4, -0.2) is 26.6 Å². The molecule has 6 nitrogen and oxygen atoms in total. The normalized spacial score (nSPS) is 10.9. The van der Waals surface area contributed by atoms with Gasteiger partial charge in [0, 0.05) is 46.9 Å². The summed E-state index contributed by atoms with van der Waals surface area (Å²) in [5.41, 5.74) is 6.55. The summed E-state index contributed by atoms with van der Waals surface area (Å²) in [5.74, 6) is -2.71. The lowest BCUT2D eigenvalue weighted by molar-refractivity contribution is 0.0996. The van der Waals surface area contributed by atoms with E-state index in [4.69, 9.17) is 17.3 Å². The van der Waals surface area contributed by atoms with Crippen molar-refractivity contribution in [3.05, 3.63) is 82.6 Å². The number of nitrogens with zero attached hydrogens (tertiary/aromatic N) is 2. The molecule has 0 aliphatic rings. The van der Waals surface area contributed by atoms with Gasteiger partial charge in [0.1, 0.15) is 11.5 Å². The number of rotatable bonds is 4. The van der Waals surface area contributed by atoms with Gasteiger partial charge in [-0.1, -0.05) is 17.7 Å². The van der Waals surface area contributed by atoms with Crippen LogP contribution in [0.1, 0.15) is 26.3 Å². The molecule has 0 aliphatic heterocycles. The predicted octanol–water partition coefficient (Wildman–Crippen LogP) is 3.75. The first-order valence-corrected chi connectivity index (χ1v) is 8.55. The lowest BCUT2D eigenvalue weighted by Crippen LogP contribution is -2.16. The number of ketones is 1. The van der Waals surface area contributed by atoms with E-state index in [1.807, 2.05) is 6.07 Å². The van der Waals surface area contributed by atoms with Crippen molar-refractivity contribution in [1.82, 2.24) is 15.0 Å². The number of nitrogens with one attached hydrogen (secondary N) is 1. The van der Waals surface area contributed by atoms with E-state index in [0.29, 0.717) is 11.0 Å². The molecule has 8 heteroatoms. The van der Waals surface area contributed by atoms with Gasteiger partial charge < -0.3 is 10.7 Å². The van der Waals surface area contributed by atoms with Gasteiger partial charge in [-0.05, 0) is 24.3 Å². The predicted molar refractivity (Wildman–Crippen MR) is 103 cm³/mol. The van der Waals surface area contributed by atoms with Gasteiger partial charge in [0.15, 0.2) is 5.78 Å². The van der Waals surface area contributed by atoms with E-state index in [-0.39, 0.29) is 10.6 Å². The van der Waals surface area contributed by atoms with Crippen molar-refractivity contribution in [2.24, 2.45) is 5.73 Å². The van der Waals surface area contributed by atoms with Crippen molar-refractivity contribution in [2.75, 3.05) is 0 Å². The van der Waals surface area contributed by atoms with Crippen molar-refractivity contribution in [1.29, 1.82) is 0 Å². The van der Waals surface area contributed by atoms with Crippen LogP contribution in [0.2, 0.25) is 5.02 Å². The summed E-state index contributed by atoms with van der Waals surface area (Å²) in [6.45, 7) is 0. The molecule has 4 aromatic rings. The number of halogens is 2. The molecule has 3 heterocycles. The van der Waals surface area contributed by atoms with Crippen LogP contribution < -0.4 is 5.73 Å². The van der Waals surface area contributed by atoms with E-state index in [2.05, 4.69) is 15.0 Å². The van der Waals surface area contributed by atoms with Crippen LogP contribution >= 0.6 is 11.6 Å². The molecule has 0 unspecified atom stereocenters. The Morgan fingerprint density at radius 1 is 1.11 bits per heavy atom. The summed E-state index contributed by atoms with van der Waals surface area (Å²) in [6, 6.07) is 7.82. The van der Waals surface area contributed by atoms with Gasteiger partial charge in [0.05, 0.1) is 16.1 Å². The highest BCUT2D eigenvalue weighted by atomic mass is 35.5. The van der Waals surface area contributed by atoms with E-state index in [9.17, 15) is 14.0 Å². The highest BCUT2D eigenvalue weighted by Gasteiger charge is 2.25. The lowest BCUT2D eigenvalue weighted by atomic mass is 9.99. The zero-order chi connectivity index (χ0) is 19.8. The molecule has 3 aromatic heterocycles. The first-order valence-electron chi connectivity index (χ1n) is 8.17. The molecular formula is C20H12ClFN4O2. The molecule has 0 radical (unpaired) electrons. The van der Waals surface area contributed by atoms with Gasteiger partial charge in [0.2, 0.25) is 0 Å². The number of amides is 1. The van der Waals surface area contributed by atoms with Gasteiger partial charge in [-0.2, -0.15) is 0 Å². The van der Waals surface area contributed by atoms with Gasteiger partial charge in [0.25, 0.3) is 5.91 Å². The number of carbonyl (C=O) groups excluding carboxylic acids is 2. The summed E-state index contributed by atoms with van der Waals surface area (Å²) in [5, 5.41) is 0.379. The molecule has 3 N–H and O–H groups in total. The minimum absolute atomic E-state index is 0.113. The maximum Gasteiger partial charge on any atom is 0.251 e. The van der Waals surface area contributed by atoms with Crippen LogP contribution in [0.5, 0.6) is 0 Å². The Balaban J connectivity index is 1.87. The third-order valence-corrected chi connectivity index (χ3v) is 4.67. The second kappa shape index (κ2) is 6.86. The third-order valence-electron chi connectivity index (χ3n) is 4.35. The minimum atomic E-state index is -1.05. The van der Waals surface area contributed by atoms with Crippen molar-refractivity contribution in [3.63, 3.8) is 0 Å². The largest absolute Gasteiger partial charge is 0.366 e. The Hall–Kier alpha value is -3.58. The fourth-order valence-electron chi connectivity index (χ4n) is 2.97. The molecule has 0 saturated carbocycles. The van der Waals surface area contributed by atoms with E-state index < -0.39 is 28.6 Å². The molecule has 0 atom stereocenters. The van der Waals surface area contributed by atoms with E-state index in [1.165, 1.54) is 12.3 Å². The SMILES string of the molecule is NC(=O)c1ccc(Cl)c(C(=O)c2c[nH]c3ncc(-c4cccnc4)cc23)c1F. The number of H-pyrrole nitrogens is 1. The molecule has 0 saturated heterocycles. The Kier molecular flexibility index (Phi) is 4.37. The summed E-state index contributed by atoms with van der Waals surface area (Å²) in [6.07, 6.45) is 6.40. The fourth-order valence-corrected chi connectivity index (χ4v) is 3.20.